The summed E-state index contributed by atoms with van der Waals surface area (Å²) in [4.78, 5) is 81.7. The van der Waals surface area contributed by atoms with Gasteiger partial charge in [0, 0.05) is 18.1 Å². The molecule has 0 amide bonds. The minimum absolute atomic E-state index is 0.0974. The molecule has 85 heavy (non-hydrogen) atoms. The van der Waals surface area contributed by atoms with Crippen molar-refractivity contribution in [3.05, 3.63) is 122 Å². The number of nitrogens with zero attached hydrogens (tertiary/aromatic N) is 3. The Morgan fingerprint density at radius 2 is 1.02 bits per heavy atom. The van der Waals surface area contributed by atoms with Crippen LogP contribution in [0.2, 0.25) is 0 Å². The van der Waals surface area contributed by atoms with E-state index in [9.17, 15) is 28.8 Å². The number of ether oxygens (including phenoxy) is 9. The fraction of sp³-hybridized carbons (Fsp3) is 0.455. The summed E-state index contributed by atoms with van der Waals surface area (Å²) in [7, 11) is 0. The number of rotatable bonds is 33. The van der Waals surface area contributed by atoms with Crippen LogP contribution >= 0.6 is 11.3 Å². The maximum Gasteiger partial charge on any atom is 0.330 e. The average molecular weight is 1180 g/mol. The molecule has 0 bridgehead atoms. The molecule has 5 aromatic rings. The predicted molar refractivity (Wildman–Crippen MR) is 321 cm³/mol. The summed E-state index contributed by atoms with van der Waals surface area (Å²) >= 11 is 1.45. The van der Waals surface area contributed by atoms with Crippen LogP contribution in [-0.4, -0.2) is 92.7 Å². The van der Waals surface area contributed by atoms with Gasteiger partial charge in [-0.1, -0.05) is 62.3 Å². The van der Waals surface area contributed by atoms with Gasteiger partial charge in [0.05, 0.1) is 79.7 Å². The number of hydrogen-bond donors (Lipinski definition) is 0. The van der Waals surface area contributed by atoms with Crippen LogP contribution in [0.5, 0.6) is 34.5 Å². The van der Waals surface area contributed by atoms with Crippen LogP contribution < -0.4 is 33.4 Å². The van der Waals surface area contributed by atoms with Crippen LogP contribution in [0.25, 0.3) is 10.2 Å². The number of aromatic nitrogens is 1. The highest BCUT2D eigenvalue weighted by Crippen LogP contribution is 2.36. The molecule has 1 aromatic heterocycles. The van der Waals surface area contributed by atoms with Gasteiger partial charge in [0.25, 0.3) is 0 Å². The number of carbonyl (C=O) groups is 6. The number of hydrazone groups is 1. The number of benzene rings is 4. The van der Waals surface area contributed by atoms with Crippen molar-refractivity contribution in [3.8, 4) is 34.5 Å². The summed E-state index contributed by atoms with van der Waals surface area (Å²) in [6.45, 7) is 9.48. The summed E-state index contributed by atoms with van der Waals surface area (Å²) in [6, 6.07) is 26.4. The lowest BCUT2D eigenvalue weighted by atomic mass is 9.82. The molecule has 2 heterocycles. The Balaban J connectivity index is 0.826. The van der Waals surface area contributed by atoms with Gasteiger partial charge in [0.2, 0.25) is 5.13 Å². The number of anilines is 1. The standard InChI is InChI=1S/C66H77N3O15S/c1-3-51(70)17-11-7-5-6-8-14-38-76-52-28-32-55(33-29-52)82-63(73)47-24-26-49(27-25-47)65(75)84-58-37-36-56(43-50(58)44-67-69(45-61-79-41-42-80-61)66-68-57-18-12-13-19-59(57)85-66)83-64(74)48-22-20-46(21-23-48)62(72)81-54-34-30-53(31-35-54)77-39-15-9-10-16-40-78-60(71)4-2/h3-4,12-13,18-19,28-37,43-44,46-49,61H,1-2,5-11,14-17,20-27,38-42,45H2/b67-44+/t46-,47-,48-,49-. The summed E-state index contributed by atoms with van der Waals surface area (Å²) in [6.07, 6.45) is 17.0. The first-order valence-corrected chi connectivity index (χ1v) is 30.6. The number of para-hydroxylation sites is 1. The second kappa shape index (κ2) is 33.7. The maximum atomic E-state index is 14.0. The third-order valence-electron chi connectivity index (χ3n) is 15.2. The number of allylic oxidation sites excluding steroid dienone is 1. The first-order chi connectivity index (χ1) is 41.5. The zero-order chi connectivity index (χ0) is 59.6. The number of esters is 5. The van der Waals surface area contributed by atoms with Crippen molar-refractivity contribution in [2.75, 3.05) is 44.6 Å². The monoisotopic (exact) mass is 1180 g/mol. The SMILES string of the molecule is C=CC(=O)CCCCCCCCOc1ccc(OC(=O)[C@H]2CC[C@H](C(=O)Oc3ccc(OC(=O)[C@H]4CC[C@H](C(=O)Oc5ccc(OCCCCCCOC(=O)C=C)cc5)CC4)cc3/C=N/N(CC3OCCO3)c3nc4ccccc4s3)CC2)cc1. The Bertz CT molecular complexity index is 3000. The van der Waals surface area contributed by atoms with E-state index in [1.165, 1.54) is 23.6 Å². The van der Waals surface area contributed by atoms with Crippen molar-refractivity contribution in [2.24, 2.45) is 28.8 Å². The topological polar surface area (TPSA) is 214 Å². The number of ketones is 1. The van der Waals surface area contributed by atoms with Gasteiger partial charge in [0.1, 0.15) is 34.5 Å². The van der Waals surface area contributed by atoms with Crippen LogP contribution in [0.15, 0.2) is 121 Å². The molecule has 452 valence electrons. The Hall–Kier alpha value is -7.74. The molecule has 0 radical (unpaired) electrons. The van der Waals surface area contributed by atoms with E-state index in [4.69, 9.17) is 52.7 Å². The summed E-state index contributed by atoms with van der Waals surface area (Å²) in [5.74, 6) is -1.08. The molecule has 3 aliphatic rings. The van der Waals surface area contributed by atoms with Gasteiger partial charge < -0.3 is 42.6 Å². The molecule has 8 rings (SSSR count). The van der Waals surface area contributed by atoms with Gasteiger partial charge in [-0.2, -0.15) is 5.10 Å². The molecule has 19 heteroatoms. The van der Waals surface area contributed by atoms with Crippen molar-refractivity contribution < 1.29 is 71.4 Å². The highest BCUT2D eigenvalue weighted by molar-refractivity contribution is 7.22. The van der Waals surface area contributed by atoms with Gasteiger partial charge in [0.15, 0.2) is 12.1 Å². The zero-order valence-electron chi connectivity index (χ0n) is 48.2. The molecule has 0 spiro atoms. The van der Waals surface area contributed by atoms with Crippen molar-refractivity contribution in [2.45, 2.75) is 128 Å². The zero-order valence-corrected chi connectivity index (χ0v) is 49.1. The van der Waals surface area contributed by atoms with Gasteiger partial charge in [-0.3, -0.25) is 24.0 Å². The normalized spacial score (nSPS) is 17.8. The molecular formula is C66H77N3O15S. The molecule has 3 fully saturated rings. The lowest BCUT2D eigenvalue weighted by Crippen LogP contribution is -2.31. The van der Waals surface area contributed by atoms with Crippen LogP contribution in [0.3, 0.4) is 0 Å². The first-order valence-electron chi connectivity index (χ1n) is 29.8. The molecular weight excluding hydrogens is 1110 g/mol. The molecule has 0 unspecified atom stereocenters. The lowest BCUT2D eigenvalue weighted by molar-refractivity contribution is -0.145. The van der Waals surface area contributed by atoms with Gasteiger partial charge >= 0.3 is 29.8 Å². The quantitative estimate of drug-likeness (QED) is 0.00953. The van der Waals surface area contributed by atoms with E-state index in [0.717, 1.165) is 80.5 Å². The summed E-state index contributed by atoms with van der Waals surface area (Å²) in [5, 5.41) is 7.10. The smallest absolute Gasteiger partial charge is 0.330 e. The third-order valence-corrected chi connectivity index (χ3v) is 16.2. The van der Waals surface area contributed by atoms with E-state index >= 15 is 0 Å². The Morgan fingerprint density at radius 3 is 1.55 bits per heavy atom. The Morgan fingerprint density at radius 1 is 0.553 bits per heavy atom. The highest BCUT2D eigenvalue weighted by Gasteiger charge is 2.34. The number of carbonyl (C=O) groups excluding carboxylic acids is 6. The Kier molecular flexibility index (Phi) is 25.1. The van der Waals surface area contributed by atoms with Gasteiger partial charge in [-0.25, -0.2) is 14.8 Å². The molecule has 0 N–H and O–H groups in total. The molecule has 18 nitrogen and oxygen atoms in total. The summed E-state index contributed by atoms with van der Waals surface area (Å²) < 4.78 is 52.9. The van der Waals surface area contributed by atoms with E-state index in [-0.39, 0.29) is 41.7 Å². The Labute approximate surface area is 500 Å². The van der Waals surface area contributed by atoms with Crippen LogP contribution in [-0.2, 0) is 43.0 Å². The number of hydrogen-bond acceptors (Lipinski definition) is 19. The minimum Gasteiger partial charge on any atom is -0.494 e. The van der Waals surface area contributed by atoms with Crippen molar-refractivity contribution in [1.82, 2.24) is 4.98 Å². The second-order valence-electron chi connectivity index (χ2n) is 21.4. The van der Waals surface area contributed by atoms with Crippen molar-refractivity contribution in [1.29, 1.82) is 0 Å². The van der Waals surface area contributed by atoms with E-state index in [0.29, 0.717) is 125 Å². The van der Waals surface area contributed by atoms with Crippen molar-refractivity contribution >= 4 is 68.5 Å². The van der Waals surface area contributed by atoms with E-state index < -0.39 is 42.0 Å². The van der Waals surface area contributed by atoms with E-state index in [1.54, 1.807) is 71.7 Å². The molecule has 1 saturated heterocycles. The fourth-order valence-corrected chi connectivity index (χ4v) is 11.2. The molecule has 4 aromatic carbocycles. The summed E-state index contributed by atoms with van der Waals surface area (Å²) in [5.41, 5.74) is 1.16. The van der Waals surface area contributed by atoms with Gasteiger partial charge in [-0.15, -0.1) is 0 Å². The van der Waals surface area contributed by atoms with Crippen LogP contribution in [0, 0.1) is 23.7 Å². The number of thiazole rings is 1. The van der Waals surface area contributed by atoms with Crippen LogP contribution in [0.1, 0.15) is 128 Å². The fourth-order valence-electron chi connectivity index (χ4n) is 10.2. The van der Waals surface area contributed by atoms with Crippen LogP contribution in [0.4, 0.5) is 5.13 Å². The molecule has 2 aliphatic carbocycles. The number of fused-ring (bicyclic) bond motifs is 1. The number of unbranched alkanes of at least 4 members (excludes halogenated alkanes) is 8. The third kappa shape index (κ3) is 20.5. The second-order valence-corrected chi connectivity index (χ2v) is 22.4. The van der Waals surface area contributed by atoms with Crippen molar-refractivity contribution in [3.63, 3.8) is 0 Å². The predicted octanol–water partition coefficient (Wildman–Crippen LogP) is 12.7. The van der Waals surface area contributed by atoms with Gasteiger partial charge in [-0.05, 0) is 175 Å². The molecule has 0 atom stereocenters. The van der Waals surface area contributed by atoms with E-state index in [2.05, 4.69) is 13.2 Å². The largest absolute Gasteiger partial charge is 0.494 e. The molecule has 1 aliphatic heterocycles. The minimum atomic E-state index is -0.567. The highest BCUT2D eigenvalue weighted by atomic mass is 32.1. The van der Waals surface area contributed by atoms with E-state index in [1.807, 2.05) is 24.3 Å². The lowest BCUT2D eigenvalue weighted by Gasteiger charge is -2.26. The molecule has 2 saturated carbocycles. The maximum absolute atomic E-state index is 14.0. The first kappa shape index (κ1) is 63.3. The average Bonchev–Trinajstić information content (AvgIpc) is 4.34.